The van der Waals surface area contributed by atoms with Gasteiger partial charge in [0.25, 0.3) is 12.3 Å². The number of halogens is 5. The monoisotopic (exact) mass is 259 g/mol. The normalized spacial score (nSPS) is 11.9. The number of aliphatic hydroxyl groups is 1. The lowest BCUT2D eigenvalue weighted by Gasteiger charge is -2.12. The number of hydrogen-bond donors (Lipinski definition) is 2. The first-order chi connectivity index (χ1) is 7.74. The molecule has 1 heterocycles. The Labute approximate surface area is 91.3 Å². The van der Waals surface area contributed by atoms with Gasteiger partial charge in [0.15, 0.2) is 5.75 Å². The Balaban J connectivity index is 3.20. The topological polar surface area (TPSA) is 62.6 Å². The molecule has 2 N–H and O–H groups in total. The highest BCUT2D eigenvalue weighted by Gasteiger charge is 2.34. The molecule has 0 fully saturated rings. The average Bonchev–Trinajstić information content (AvgIpc) is 2.18. The SMILES string of the molecule is OCc1cc(O)c(OC(F)(F)F)nc1C(F)F. The van der Waals surface area contributed by atoms with Gasteiger partial charge in [0.05, 0.1) is 6.61 Å². The van der Waals surface area contributed by atoms with Crippen LogP contribution in [0.4, 0.5) is 22.0 Å². The third-order valence-electron chi connectivity index (χ3n) is 1.67. The number of hydrogen-bond acceptors (Lipinski definition) is 4. The third kappa shape index (κ3) is 3.41. The molecule has 0 aromatic carbocycles. The van der Waals surface area contributed by atoms with Crippen LogP contribution >= 0.6 is 0 Å². The van der Waals surface area contributed by atoms with Crippen LogP contribution in [-0.4, -0.2) is 21.6 Å². The van der Waals surface area contributed by atoms with Gasteiger partial charge in [0.2, 0.25) is 0 Å². The number of pyridine rings is 1. The van der Waals surface area contributed by atoms with Crippen LogP contribution < -0.4 is 4.74 Å². The van der Waals surface area contributed by atoms with Gasteiger partial charge in [0, 0.05) is 5.56 Å². The van der Waals surface area contributed by atoms with Gasteiger partial charge in [0.1, 0.15) is 5.69 Å². The van der Waals surface area contributed by atoms with Crippen molar-refractivity contribution in [3.8, 4) is 11.6 Å². The van der Waals surface area contributed by atoms with Gasteiger partial charge in [-0.2, -0.15) is 0 Å². The van der Waals surface area contributed by atoms with Crippen LogP contribution in [0.3, 0.4) is 0 Å². The summed E-state index contributed by atoms with van der Waals surface area (Å²) in [6.45, 7) is -0.896. The van der Waals surface area contributed by atoms with E-state index in [9.17, 15) is 22.0 Å². The Bertz CT molecular complexity index is 407. The first-order valence-electron chi connectivity index (χ1n) is 4.12. The lowest BCUT2D eigenvalue weighted by atomic mass is 10.2. The molecule has 0 atom stereocenters. The van der Waals surface area contributed by atoms with Crippen molar-refractivity contribution in [2.45, 2.75) is 19.4 Å². The van der Waals surface area contributed by atoms with Crippen LogP contribution in [0.2, 0.25) is 0 Å². The van der Waals surface area contributed by atoms with Gasteiger partial charge in [-0.25, -0.2) is 13.8 Å². The average molecular weight is 259 g/mol. The van der Waals surface area contributed by atoms with Crippen LogP contribution in [-0.2, 0) is 6.61 Å². The summed E-state index contributed by atoms with van der Waals surface area (Å²) in [6.07, 6.45) is -8.36. The molecule has 1 aromatic heterocycles. The van der Waals surface area contributed by atoms with Crippen molar-refractivity contribution in [2.75, 3.05) is 0 Å². The molecular weight excluding hydrogens is 253 g/mol. The van der Waals surface area contributed by atoms with E-state index in [0.717, 1.165) is 0 Å². The van der Waals surface area contributed by atoms with Gasteiger partial charge in [-0.05, 0) is 6.07 Å². The number of nitrogens with zero attached hydrogens (tertiary/aromatic N) is 1. The summed E-state index contributed by atoms with van der Waals surface area (Å²) >= 11 is 0. The molecule has 0 spiro atoms. The fraction of sp³-hybridized carbons (Fsp3) is 0.375. The highest BCUT2D eigenvalue weighted by Crippen LogP contribution is 2.33. The fourth-order valence-electron chi connectivity index (χ4n) is 1.04. The molecule has 0 saturated heterocycles. The van der Waals surface area contributed by atoms with E-state index >= 15 is 0 Å². The Morgan fingerprint density at radius 3 is 2.35 bits per heavy atom. The molecule has 0 radical (unpaired) electrons. The standard InChI is InChI=1S/C8H6F5NO3/c9-6(10)5-3(2-15)1-4(16)7(14-5)17-8(11,12)13/h1,6,15-16H,2H2. The van der Waals surface area contributed by atoms with Crippen LogP contribution in [0.25, 0.3) is 0 Å². The van der Waals surface area contributed by atoms with Gasteiger partial charge >= 0.3 is 6.36 Å². The molecule has 0 aliphatic rings. The van der Waals surface area contributed by atoms with E-state index < -0.39 is 42.3 Å². The van der Waals surface area contributed by atoms with Gasteiger partial charge in [-0.15, -0.1) is 13.2 Å². The van der Waals surface area contributed by atoms with Gasteiger partial charge in [-0.1, -0.05) is 0 Å². The lowest BCUT2D eigenvalue weighted by molar-refractivity contribution is -0.276. The highest BCUT2D eigenvalue weighted by molar-refractivity contribution is 5.39. The van der Waals surface area contributed by atoms with E-state index in [-0.39, 0.29) is 0 Å². The number of aromatic nitrogens is 1. The van der Waals surface area contributed by atoms with Crippen LogP contribution in [0.1, 0.15) is 17.7 Å². The Hall–Kier alpha value is -1.64. The molecule has 17 heavy (non-hydrogen) atoms. The number of rotatable bonds is 3. The predicted octanol–water partition coefficient (Wildman–Crippen LogP) is 2.12. The number of ether oxygens (including phenoxy) is 1. The van der Waals surface area contributed by atoms with Crippen molar-refractivity contribution >= 4 is 0 Å². The van der Waals surface area contributed by atoms with E-state index in [1.165, 1.54) is 0 Å². The predicted molar refractivity (Wildman–Crippen MR) is 43.5 cm³/mol. The first-order valence-corrected chi connectivity index (χ1v) is 4.12. The zero-order valence-corrected chi connectivity index (χ0v) is 8.00. The zero-order valence-electron chi connectivity index (χ0n) is 8.00. The number of alkyl halides is 5. The quantitative estimate of drug-likeness (QED) is 0.816. The first kappa shape index (κ1) is 13.4. The molecule has 4 nitrogen and oxygen atoms in total. The van der Waals surface area contributed by atoms with E-state index in [1.807, 2.05) is 0 Å². The molecule has 96 valence electrons. The largest absolute Gasteiger partial charge is 0.574 e. The second-order valence-corrected chi connectivity index (χ2v) is 2.86. The molecule has 0 aliphatic carbocycles. The Kier molecular flexibility index (Phi) is 3.71. The Morgan fingerprint density at radius 1 is 1.35 bits per heavy atom. The smallest absolute Gasteiger partial charge is 0.503 e. The summed E-state index contributed by atoms with van der Waals surface area (Å²) in [5.74, 6) is -2.47. The molecule has 0 amide bonds. The minimum absolute atomic E-state index is 0.480. The summed E-state index contributed by atoms with van der Waals surface area (Å²) in [7, 11) is 0. The minimum Gasteiger partial charge on any atom is -0.503 e. The molecule has 0 saturated carbocycles. The second kappa shape index (κ2) is 4.70. The molecule has 1 rings (SSSR count). The van der Waals surface area contributed by atoms with E-state index in [4.69, 9.17) is 10.2 Å². The molecule has 0 aliphatic heterocycles. The molecular formula is C8H6F5NO3. The second-order valence-electron chi connectivity index (χ2n) is 2.86. The van der Waals surface area contributed by atoms with E-state index in [0.29, 0.717) is 6.07 Å². The summed E-state index contributed by atoms with van der Waals surface area (Å²) < 4.78 is 63.5. The molecule has 9 heteroatoms. The van der Waals surface area contributed by atoms with E-state index in [2.05, 4.69) is 9.72 Å². The maximum absolute atomic E-state index is 12.4. The fourth-order valence-corrected chi connectivity index (χ4v) is 1.04. The molecule has 0 bridgehead atoms. The zero-order chi connectivity index (χ0) is 13.2. The summed E-state index contributed by atoms with van der Waals surface area (Å²) in [5.41, 5.74) is -1.56. The van der Waals surface area contributed by atoms with Crippen molar-refractivity contribution in [3.05, 3.63) is 17.3 Å². The van der Waals surface area contributed by atoms with Crippen LogP contribution in [0, 0.1) is 0 Å². The van der Waals surface area contributed by atoms with Crippen molar-refractivity contribution in [1.82, 2.24) is 4.98 Å². The maximum atomic E-state index is 12.4. The molecule has 0 unspecified atom stereocenters. The van der Waals surface area contributed by atoms with Crippen molar-refractivity contribution in [3.63, 3.8) is 0 Å². The third-order valence-corrected chi connectivity index (χ3v) is 1.67. The summed E-state index contributed by atoms with van der Waals surface area (Å²) in [5, 5.41) is 17.7. The number of aliphatic hydroxyl groups excluding tert-OH is 1. The Morgan fingerprint density at radius 2 is 1.94 bits per heavy atom. The minimum atomic E-state index is -5.16. The lowest BCUT2D eigenvalue weighted by Crippen LogP contribution is -2.18. The van der Waals surface area contributed by atoms with Crippen LogP contribution in [0.5, 0.6) is 11.6 Å². The summed E-state index contributed by atoms with van der Waals surface area (Å²) in [6, 6.07) is 0.537. The van der Waals surface area contributed by atoms with Gasteiger partial charge in [-0.3, -0.25) is 0 Å². The van der Waals surface area contributed by atoms with Crippen molar-refractivity contribution in [1.29, 1.82) is 0 Å². The summed E-state index contributed by atoms with van der Waals surface area (Å²) in [4.78, 5) is 2.83. The van der Waals surface area contributed by atoms with Crippen molar-refractivity contribution < 1.29 is 36.9 Å². The highest BCUT2D eigenvalue weighted by atomic mass is 19.4. The van der Waals surface area contributed by atoms with E-state index in [1.54, 1.807) is 0 Å². The number of aromatic hydroxyl groups is 1. The van der Waals surface area contributed by atoms with Gasteiger partial charge < -0.3 is 14.9 Å². The van der Waals surface area contributed by atoms with Crippen LogP contribution in [0.15, 0.2) is 6.07 Å². The van der Waals surface area contributed by atoms with Crippen molar-refractivity contribution in [2.24, 2.45) is 0 Å². The maximum Gasteiger partial charge on any atom is 0.574 e. The molecule has 1 aromatic rings.